The highest BCUT2D eigenvalue weighted by molar-refractivity contribution is 9.10. The third-order valence-corrected chi connectivity index (χ3v) is 6.84. The summed E-state index contributed by atoms with van der Waals surface area (Å²) in [5.74, 6) is 0.232. The number of allylic oxidation sites excluding steroid dienone is 1. The van der Waals surface area contributed by atoms with Crippen molar-refractivity contribution in [1.29, 1.82) is 0 Å². The van der Waals surface area contributed by atoms with Gasteiger partial charge in [0.2, 0.25) is 0 Å². The van der Waals surface area contributed by atoms with Crippen molar-refractivity contribution < 1.29 is 14.3 Å². The van der Waals surface area contributed by atoms with Gasteiger partial charge in [-0.25, -0.2) is 9.79 Å². The van der Waals surface area contributed by atoms with E-state index in [-0.39, 0.29) is 5.56 Å². The van der Waals surface area contributed by atoms with Crippen LogP contribution in [0, 0.1) is 0 Å². The molecule has 0 amide bonds. The Labute approximate surface area is 197 Å². The molecule has 6 nitrogen and oxygen atoms in total. The Bertz CT molecular complexity index is 1390. The minimum Gasteiger partial charge on any atom is -0.496 e. The molecule has 4 rings (SSSR count). The molecular formula is C24H21BrN2O4S. The first-order chi connectivity index (χ1) is 15.5. The van der Waals surface area contributed by atoms with Gasteiger partial charge in [0.15, 0.2) is 4.80 Å². The molecule has 0 N–H and O–H groups in total. The molecule has 164 valence electrons. The van der Waals surface area contributed by atoms with Crippen molar-refractivity contribution in [3.63, 3.8) is 0 Å². The quantitative estimate of drug-likeness (QED) is 0.490. The van der Waals surface area contributed by atoms with Crippen molar-refractivity contribution >= 4 is 39.3 Å². The second kappa shape index (κ2) is 9.26. The van der Waals surface area contributed by atoms with Crippen LogP contribution in [0.2, 0.25) is 0 Å². The van der Waals surface area contributed by atoms with Gasteiger partial charge in [0, 0.05) is 0 Å². The SMILES string of the molecule is CCC1=C(C(=O)OC)[C@@H](c2ccccc2)n2c(s/c(=C\c3ccc(OC)c(Br)c3)c2=O)=N1. The van der Waals surface area contributed by atoms with Crippen molar-refractivity contribution in [2.24, 2.45) is 4.99 Å². The highest BCUT2D eigenvalue weighted by atomic mass is 79.9. The molecule has 0 saturated carbocycles. The predicted molar refractivity (Wildman–Crippen MR) is 128 cm³/mol. The minimum atomic E-state index is -0.598. The van der Waals surface area contributed by atoms with Crippen molar-refractivity contribution in [2.75, 3.05) is 14.2 Å². The number of hydrogen-bond acceptors (Lipinski definition) is 6. The van der Waals surface area contributed by atoms with Crippen LogP contribution >= 0.6 is 27.3 Å². The van der Waals surface area contributed by atoms with E-state index >= 15 is 0 Å². The average molecular weight is 513 g/mol. The zero-order chi connectivity index (χ0) is 22.8. The first-order valence-electron chi connectivity index (χ1n) is 10.00. The summed E-state index contributed by atoms with van der Waals surface area (Å²) in [5.41, 5.74) is 2.50. The molecule has 8 heteroatoms. The Kier molecular flexibility index (Phi) is 6.43. The lowest BCUT2D eigenvalue weighted by Crippen LogP contribution is -2.40. The van der Waals surface area contributed by atoms with Crippen molar-refractivity contribution in [3.8, 4) is 5.75 Å². The molecule has 0 saturated heterocycles. The van der Waals surface area contributed by atoms with E-state index in [0.717, 1.165) is 15.6 Å². The Morgan fingerprint density at radius 2 is 1.97 bits per heavy atom. The largest absolute Gasteiger partial charge is 0.496 e. The third kappa shape index (κ3) is 3.96. The molecule has 0 bridgehead atoms. The van der Waals surface area contributed by atoms with Gasteiger partial charge in [0.05, 0.1) is 40.5 Å². The maximum atomic E-state index is 13.5. The lowest BCUT2D eigenvalue weighted by molar-refractivity contribution is -0.136. The third-order valence-electron chi connectivity index (χ3n) is 5.24. The van der Waals surface area contributed by atoms with Crippen LogP contribution in [-0.4, -0.2) is 24.8 Å². The van der Waals surface area contributed by atoms with Crippen molar-refractivity contribution in [3.05, 3.63) is 95.1 Å². The average Bonchev–Trinajstić information content (AvgIpc) is 3.12. The topological polar surface area (TPSA) is 69.9 Å². The van der Waals surface area contributed by atoms with E-state index in [9.17, 15) is 9.59 Å². The molecule has 0 fully saturated rings. The fourth-order valence-corrected chi connectivity index (χ4v) is 5.32. The van der Waals surface area contributed by atoms with Crippen LogP contribution < -0.4 is 19.6 Å². The van der Waals surface area contributed by atoms with Gasteiger partial charge in [-0.1, -0.05) is 54.7 Å². The van der Waals surface area contributed by atoms with Crippen LogP contribution in [0.25, 0.3) is 6.08 Å². The smallest absolute Gasteiger partial charge is 0.338 e. The van der Waals surface area contributed by atoms with E-state index < -0.39 is 12.0 Å². The fraction of sp³-hybridized carbons (Fsp3) is 0.208. The second-order valence-electron chi connectivity index (χ2n) is 7.09. The van der Waals surface area contributed by atoms with Gasteiger partial charge in [-0.2, -0.15) is 0 Å². The first kappa shape index (κ1) is 22.2. The van der Waals surface area contributed by atoms with Gasteiger partial charge in [0.25, 0.3) is 5.56 Å². The van der Waals surface area contributed by atoms with Crippen LogP contribution in [0.3, 0.4) is 0 Å². The number of carbonyl (C=O) groups is 1. The van der Waals surface area contributed by atoms with Crippen molar-refractivity contribution in [1.82, 2.24) is 4.57 Å². The summed E-state index contributed by atoms with van der Waals surface area (Å²) >= 11 is 4.79. The Hall–Kier alpha value is -2.97. The van der Waals surface area contributed by atoms with E-state index in [1.165, 1.54) is 18.4 Å². The first-order valence-corrected chi connectivity index (χ1v) is 11.6. The number of thiazole rings is 1. The highest BCUT2D eigenvalue weighted by Gasteiger charge is 2.33. The summed E-state index contributed by atoms with van der Waals surface area (Å²) in [6.07, 6.45) is 2.37. The van der Waals surface area contributed by atoms with Crippen LogP contribution in [0.15, 0.2) is 74.1 Å². The molecule has 2 heterocycles. The maximum Gasteiger partial charge on any atom is 0.338 e. The number of esters is 1. The molecule has 32 heavy (non-hydrogen) atoms. The van der Waals surface area contributed by atoms with Gasteiger partial charge >= 0.3 is 5.97 Å². The predicted octanol–water partition coefficient (Wildman–Crippen LogP) is 3.57. The van der Waals surface area contributed by atoms with Crippen LogP contribution in [-0.2, 0) is 9.53 Å². The highest BCUT2D eigenvalue weighted by Crippen LogP contribution is 2.31. The molecule has 0 unspecified atom stereocenters. The molecule has 0 radical (unpaired) electrons. The molecule has 0 spiro atoms. The summed E-state index contributed by atoms with van der Waals surface area (Å²) in [4.78, 5) is 31.5. The fourth-order valence-electron chi connectivity index (χ4n) is 3.74. The zero-order valence-corrected chi connectivity index (χ0v) is 20.2. The summed E-state index contributed by atoms with van der Waals surface area (Å²) in [7, 11) is 2.95. The summed E-state index contributed by atoms with van der Waals surface area (Å²) in [6.45, 7) is 1.94. The monoisotopic (exact) mass is 512 g/mol. The molecule has 1 aliphatic heterocycles. The number of halogens is 1. The van der Waals surface area contributed by atoms with Gasteiger partial charge in [-0.3, -0.25) is 9.36 Å². The number of fused-ring (bicyclic) bond motifs is 1. The number of aromatic nitrogens is 1. The number of rotatable bonds is 5. The number of hydrogen-bond donors (Lipinski definition) is 0. The Morgan fingerprint density at radius 3 is 2.59 bits per heavy atom. The summed E-state index contributed by atoms with van der Waals surface area (Å²) in [5, 5.41) is 0. The molecule has 1 atom stereocenters. The van der Waals surface area contributed by atoms with Gasteiger partial charge in [0.1, 0.15) is 5.75 Å². The molecule has 1 aliphatic rings. The number of benzene rings is 2. The standard InChI is InChI=1S/C24H21BrN2O4S/c1-4-17-20(23(29)31-3)21(15-8-6-5-7-9-15)27-22(28)19(32-24(27)26-17)13-14-10-11-18(30-2)16(25)12-14/h5-13,21H,4H2,1-3H3/b19-13-/t21-/m1/s1. The second-order valence-corrected chi connectivity index (χ2v) is 8.96. The van der Waals surface area contributed by atoms with E-state index in [0.29, 0.717) is 32.8 Å². The number of ether oxygens (including phenoxy) is 2. The van der Waals surface area contributed by atoms with Crippen LogP contribution in [0.1, 0.15) is 30.5 Å². The Balaban J connectivity index is 1.96. The van der Waals surface area contributed by atoms with E-state index in [4.69, 9.17) is 9.47 Å². The summed E-state index contributed by atoms with van der Waals surface area (Å²) < 4.78 is 13.3. The van der Waals surface area contributed by atoms with Crippen LogP contribution in [0.5, 0.6) is 5.75 Å². The zero-order valence-electron chi connectivity index (χ0n) is 17.8. The van der Waals surface area contributed by atoms with E-state index in [1.807, 2.05) is 61.5 Å². The lowest BCUT2D eigenvalue weighted by Gasteiger charge is -2.25. The normalized spacial score (nSPS) is 15.9. The van der Waals surface area contributed by atoms with E-state index in [2.05, 4.69) is 20.9 Å². The number of methoxy groups -OCH3 is 2. The molecule has 1 aromatic heterocycles. The minimum absolute atomic E-state index is 0.203. The van der Waals surface area contributed by atoms with Crippen molar-refractivity contribution in [2.45, 2.75) is 19.4 Å². The van der Waals surface area contributed by atoms with Gasteiger partial charge < -0.3 is 9.47 Å². The van der Waals surface area contributed by atoms with Crippen LogP contribution in [0.4, 0.5) is 0 Å². The number of carbonyl (C=O) groups excluding carboxylic acids is 1. The number of nitrogens with zero attached hydrogens (tertiary/aromatic N) is 2. The lowest BCUT2D eigenvalue weighted by atomic mass is 9.95. The Morgan fingerprint density at radius 1 is 1.22 bits per heavy atom. The van der Waals surface area contributed by atoms with Gasteiger partial charge in [-0.05, 0) is 51.7 Å². The summed E-state index contributed by atoms with van der Waals surface area (Å²) in [6, 6.07) is 14.5. The molecule has 0 aliphatic carbocycles. The van der Waals surface area contributed by atoms with E-state index in [1.54, 1.807) is 11.7 Å². The molecular weight excluding hydrogens is 492 g/mol. The van der Waals surface area contributed by atoms with Gasteiger partial charge in [-0.15, -0.1) is 0 Å². The maximum absolute atomic E-state index is 13.5. The molecule has 2 aromatic carbocycles. The molecule has 3 aromatic rings.